The molecule has 3 atom stereocenters. The van der Waals surface area contributed by atoms with Crippen molar-refractivity contribution in [1.82, 2.24) is 0 Å². The maximum atomic E-state index is 12.5. The van der Waals surface area contributed by atoms with E-state index in [1.807, 2.05) is 12.1 Å². The summed E-state index contributed by atoms with van der Waals surface area (Å²) in [5.41, 5.74) is 1.88. The fourth-order valence-corrected chi connectivity index (χ4v) is 4.45. The van der Waals surface area contributed by atoms with Crippen molar-refractivity contribution >= 4 is 23.2 Å². The van der Waals surface area contributed by atoms with Gasteiger partial charge in [0, 0.05) is 17.2 Å². The first-order chi connectivity index (χ1) is 13.1. The molecule has 2 N–H and O–H groups in total. The Labute approximate surface area is 159 Å². The van der Waals surface area contributed by atoms with Crippen LogP contribution in [0, 0.1) is 17.8 Å². The highest BCUT2D eigenvalue weighted by Crippen LogP contribution is 2.48. The lowest BCUT2D eigenvalue weighted by atomic mass is 9.88. The predicted octanol–water partition coefficient (Wildman–Crippen LogP) is 4.32. The summed E-state index contributed by atoms with van der Waals surface area (Å²) in [5.74, 6) is 1.96. The maximum absolute atomic E-state index is 12.5. The number of nitrogens with one attached hydrogen (secondary N) is 2. The Kier molecular flexibility index (Phi) is 4.84. The van der Waals surface area contributed by atoms with E-state index < -0.39 is 0 Å². The Hall–Kier alpha value is -2.82. The molecule has 2 amide bonds. The van der Waals surface area contributed by atoms with Gasteiger partial charge in [-0.15, -0.1) is 0 Å². The van der Waals surface area contributed by atoms with Crippen LogP contribution in [0.1, 0.15) is 36.0 Å². The van der Waals surface area contributed by atoms with E-state index in [0.29, 0.717) is 22.9 Å². The average molecular weight is 364 g/mol. The van der Waals surface area contributed by atoms with Crippen molar-refractivity contribution in [3.05, 3.63) is 54.1 Å². The van der Waals surface area contributed by atoms with Crippen LogP contribution in [0.25, 0.3) is 0 Å². The monoisotopic (exact) mass is 364 g/mol. The summed E-state index contributed by atoms with van der Waals surface area (Å²) in [5, 5.41) is 5.86. The number of para-hydroxylation sites is 2. The van der Waals surface area contributed by atoms with Crippen LogP contribution in [0.4, 0.5) is 11.4 Å². The molecule has 0 aliphatic heterocycles. The molecule has 0 unspecified atom stereocenters. The zero-order valence-corrected chi connectivity index (χ0v) is 15.4. The lowest BCUT2D eigenvalue weighted by Crippen LogP contribution is -2.27. The number of methoxy groups -OCH3 is 1. The molecular weight excluding hydrogens is 340 g/mol. The summed E-state index contributed by atoms with van der Waals surface area (Å²) in [4.78, 5) is 25.0. The Morgan fingerprint density at radius 2 is 1.74 bits per heavy atom. The minimum atomic E-state index is -0.217. The normalized spacial score (nSPS) is 23.1. The molecule has 5 heteroatoms. The molecule has 2 saturated carbocycles. The van der Waals surface area contributed by atoms with E-state index in [4.69, 9.17) is 4.74 Å². The molecule has 2 aliphatic rings. The summed E-state index contributed by atoms with van der Waals surface area (Å²) in [6.45, 7) is 0. The van der Waals surface area contributed by atoms with Crippen molar-refractivity contribution in [2.75, 3.05) is 17.7 Å². The van der Waals surface area contributed by atoms with Crippen molar-refractivity contribution in [2.24, 2.45) is 17.8 Å². The largest absolute Gasteiger partial charge is 0.495 e. The van der Waals surface area contributed by atoms with Gasteiger partial charge < -0.3 is 15.4 Å². The third-order valence-electron chi connectivity index (χ3n) is 5.84. The fraction of sp³-hybridized carbons (Fsp3) is 0.364. The summed E-state index contributed by atoms with van der Waals surface area (Å²) < 4.78 is 5.25. The number of carbonyl (C=O) groups excluding carboxylic acids is 2. The molecule has 2 bridgehead atoms. The molecule has 0 aromatic heterocycles. The van der Waals surface area contributed by atoms with Crippen LogP contribution < -0.4 is 15.4 Å². The minimum absolute atomic E-state index is 0.119. The van der Waals surface area contributed by atoms with Crippen molar-refractivity contribution in [3.8, 4) is 5.75 Å². The number of hydrogen-bond donors (Lipinski definition) is 2. The summed E-state index contributed by atoms with van der Waals surface area (Å²) in [6.07, 6.45) is 4.70. The number of anilines is 2. The molecule has 2 aliphatic carbocycles. The van der Waals surface area contributed by atoms with Crippen LogP contribution in [0.5, 0.6) is 5.75 Å². The van der Waals surface area contributed by atoms with Gasteiger partial charge in [0.1, 0.15) is 5.75 Å². The fourth-order valence-electron chi connectivity index (χ4n) is 4.45. The van der Waals surface area contributed by atoms with Crippen LogP contribution in [-0.4, -0.2) is 18.9 Å². The zero-order valence-electron chi connectivity index (χ0n) is 15.4. The quantitative estimate of drug-likeness (QED) is 0.830. The van der Waals surface area contributed by atoms with Crippen LogP contribution >= 0.6 is 0 Å². The van der Waals surface area contributed by atoms with E-state index in [0.717, 1.165) is 18.0 Å². The van der Waals surface area contributed by atoms with Crippen LogP contribution in [0.15, 0.2) is 48.5 Å². The molecule has 5 nitrogen and oxygen atoms in total. The van der Waals surface area contributed by atoms with Gasteiger partial charge in [-0.05, 0) is 67.5 Å². The van der Waals surface area contributed by atoms with Gasteiger partial charge in [0.15, 0.2) is 0 Å². The van der Waals surface area contributed by atoms with Crippen LogP contribution in [-0.2, 0) is 4.79 Å². The minimum Gasteiger partial charge on any atom is -0.495 e. The van der Waals surface area contributed by atoms with Gasteiger partial charge >= 0.3 is 0 Å². The highest BCUT2D eigenvalue weighted by atomic mass is 16.5. The molecule has 4 rings (SSSR count). The highest BCUT2D eigenvalue weighted by Gasteiger charge is 2.42. The smallest absolute Gasteiger partial charge is 0.255 e. The lowest BCUT2D eigenvalue weighted by molar-refractivity contribution is -0.121. The van der Waals surface area contributed by atoms with Gasteiger partial charge in [-0.3, -0.25) is 9.59 Å². The van der Waals surface area contributed by atoms with E-state index >= 15 is 0 Å². The number of hydrogen-bond acceptors (Lipinski definition) is 3. The van der Waals surface area contributed by atoms with Gasteiger partial charge in [0.2, 0.25) is 5.91 Å². The SMILES string of the molecule is COc1ccccc1NC(=O)c1ccc(NC(=O)[C@H]2C[C@H]3CC[C@H]2C3)cc1. The summed E-state index contributed by atoms with van der Waals surface area (Å²) >= 11 is 0. The third-order valence-corrected chi connectivity index (χ3v) is 5.84. The van der Waals surface area contributed by atoms with E-state index in [-0.39, 0.29) is 17.7 Å². The number of carbonyl (C=O) groups is 2. The second kappa shape index (κ2) is 7.43. The first-order valence-corrected chi connectivity index (χ1v) is 9.49. The molecule has 2 aromatic rings. The molecule has 0 saturated heterocycles. The van der Waals surface area contributed by atoms with Crippen molar-refractivity contribution in [3.63, 3.8) is 0 Å². The maximum Gasteiger partial charge on any atom is 0.255 e. The van der Waals surface area contributed by atoms with Gasteiger partial charge in [0.05, 0.1) is 12.8 Å². The molecule has 140 valence electrons. The van der Waals surface area contributed by atoms with Crippen molar-refractivity contribution < 1.29 is 14.3 Å². The molecule has 0 radical (unpaired) electrons. The predicted molar refractivity (Wildman–Crippen MR) is 105 cm³/mol. The number of amides is 2. The molecule has 0 heterocycles. The second-order valence-corrected chi connectivity index (χ2v) is 7.50. The van der Waals surface area contributed by atoms with Crippen molar-refractivity contribution in [2.45, 2.75) is 25.7 Å². The number of benzene rings is 2. The van der Waals surface area contributed by atoms with Gasteiger partial charge in [-0.1, -0.05) is 18.6 Å². The molecular formula is C22H24N2O3. The van der Waals surface area contributed by atoms with Gasteiger partial charge in [-0.25, -0.2) is 0 Å². The van der Waals surface area contributed by atoms with E-state index in [1.54, 1.807) is 43.5 Å². The molecule has 0 spiro atoms. The second-order valence-electron chi connectivity index (χ2n) is 7.50. The van der Waals surface area contributed by atoms with E-state index in [1.165, 1.54) is 19.3 Å². The van der Waals surface area contributed by atoms with Gasteiger partial charge in [0.25, 0.3) is 5.91 Å². The summed E-state index contributed by atoms with van der Waals surface area (Å²) in [7, 11) is 1.57. The first-order valence-electron chi connectivity index (χ1n) is 9.49. The standard InChI is InChI=1S/C22H24N2O3/c1-27-20-5-3-2-4-19(20)24-21(25)15-8-10-17(11-9-15)23-22(26)18-13-14-6-7-16(18)12-14/h2-5,8-11,14,16,18H,6-7,12-13H2,1H3,(H,23,26)(H,24,25)/t14-,16-,18-/m0/s1. The Bertz CT molecular complexity index is 847. The highest BCUT2D eigenvalue weighted by molar-refractivity contribution is 6.05. The average Bonchev–Trinajstić information content (AvgIpc) is 3.32. The topological polar surface area (TPSA) is 67.4 Å². The van der Waals surface area contributed by atoms with Gasteiger partial charge in [-0.2, -0.15) is 0 Å². The number of rotatable bonds is 5. The molecule has 2 fully saturated rings. The molecule has 2 aromatic carbocycles. The first kappa shape index (κ1) is 17.6. The number of fused-ring (bicyclic) bond motifs is 2. The van der Waals surface area contributed by atoms with E-state index in [9.17, 15) is 9.59 Å². The van der Waals surface area contributed by atoms with Crippen LogP contribution in [0.2, 0.25) is 0 Å². The Morgan fingerprint density at radius 3 is 2.41 bits per heavy atom. The van der Waals surface area contributed by atoms with Crippen molar-refractivity contribution in [1.29, 1.82) is 0 Å². The Balaban J connectivity index is 1.38. The molecule has 27 heavy (non-hydrogen) atoms. The third kappa shape index (κ3) is 3.68. The van der Waals surface area contributed by atoms with Crippen LogP contribution in [0.3, 0.4) is 0 Å². The number of ether oxygens (including phenoxy) is 1. The Morgan fingerprint density at radius 1 is 0.963 bits per heavy atom. The van der Waals surface area contributed by atoms with E-state index in [2.05, 4.69) is 10.6 Å². The lowest BCUT2D eigenvalue weighted by Gasteiger charge is -2.20. The summed E-state index contributed by atoms with van der Waals surface area (Å²) in [6, 6.07) is 14.3. The zero-order chi connectivity index (χ0) is 18.8.